The summed E-state index contributed by atoms with van der Waals surface area (Å²) in [6.07, 6.45) is 5.68. The number of likely N-dealkylation sites (tertiary alicyclic amines) is 1. The Morgan fingerprint density at radius 3 is 2.64 bits per heavy atom. The van der Waals surface area contributed by atoms with Gasteiger partial charge >= 0.3 is 0 Å². The van der Waals surface area contributed by atoms with E-state index in [1.165, 1.54) is 25.5 Å². The molecule has 6 heteroatoms. The molecule has 1 fully saturated rings. The molecular weight excluding hydrogens is 316 g/mol. The minimum atomic E-state index is -0.0962. The summed E-state index contributed by atoms with van der Waals surface area (Å²) < 4.78 is 0. The highest BCUT2D eigenvalue weighted by molar-refractivity contribution is 5.86. The lowest BCUT2D eigenvalue weighted by Crippen LogP contribution is -2.33. The van der Waals surface area contributed by atoms with E-state index in [1.807, 2.05) is 12.1 Å². The zero-order valence-electron chi connectivity index (χ0n) is 15.4. The smallest absolute Gasteiger partial charge is 0.241 e. The van der Waals surface area contributed by atoms with Crippen molar-refractivity contribution in [2.45, 2.75) is 39.5 Å². The van der Waals surface area contributed by atoms with Gasteiger partial charge in [0.05, 0.1) is 6.21 Å². The third-order valence-corrected chi connectivity index (χ3v) is 4.64. The Morgan fingerprint density at radius 2 is 2.00 bits per heavy atom. The second-order valence-electron chi connectivity index (χ2n) is 6.36. The minimum Gasteiger partial charge on any atom is -0.507 e. The number of hydrazone groups is 1. The van der Waals surface area contributed by atoms with Crippen LogP contribution in [0.25, 0.3) is 0 Å². The number of carbonyl (C=O) groups excluding carboxylic acids is 1. The van der Waals surface area contributed by atoms with E-state index in [0.29, 0.717) is 12.0 Å². The van der Waals surface area contributed by atoms with Crippen molar-refractivity contribution in [1.29, 1.82) is 0 Å². The first-order valence-corrected chi connectivity index (χ1v) is 9.26. The number of piperidine rings is 1. The lowest BCUT2D eigenvalue weighted by atomic mass is 10.1. The summed E-state index contributed by atoms with van der Waals surface area (Å²) in [5.41, 5.74) is 4.11. The van der Waals surface area contributed by atoms with Crippen molar-refractivity contribution in [3.8, 4) is 5.75 Å². The third-order valence-electron chi connectivity index (χ3n) is 4.64. The van der Waals surface area contributed by atoms with Gasteiger partial charge < -0.3 is 14.9 Å². The molecule has 138 valence electrons. The number of nitrogens with zero attached hydrogens (tertiary/aromatic N) is 3. The second kappa shape index (κ2) is 10.0. The van der Waals surface area contributed by atoms with E-state index >= 15 is 0 Å². The van der Waals surface area contributed by atoms with Crippen LogP contribution in [0.15, 0.2) is 23.3 Å². The second-order valence-corrected chi connectivity index (χ2v) is 6.36. The molecule has 0 atom stereocenters. The number of nitrogens with one attached hydrogen (secondary N) is 1. The van der Waals surface area contributed by atoms with Crippen LogP contribution in [0.2, 0.25) is 0 Å². The van der Waals surface area contributed by atoms with Gasteiger partial charge in [-0.1, -0.05) is 6.42 Å². The van der Waals surface area contributed by atoms with Crippen molar-refractivity contribution in [1.82, 2.24) is 10.3 Å². The van der Waals surface area contributed by atoms with Gasteiger partial charge in [0.25, 0.3) is 0 Å². The van der Waals surface area contributed by atoms with E-state index in [0.717, 1.165) is 38.4 Å². The molecule has 0 unspecified atom stereocenters. The summed E-state index contributed by atoms with van der Waals surface area (Å²) >= 11 is 0. The quantitative estimate of drug-likeness (QED) is 0.561. The maximum Gasteiger partial charge on any atom is 0.241 e. The molecule has 0 aliphatic carbocycles. The third kappa shape index (κ3) is 6.05. The molecule has 1 aromatic rings. The van der Waals surface area contributed by atoms with Crippen molar-refractivity contribution >= 4 is 17.8 Å². The summed E-state index contributed by atoms with van der Waals surface area (Å²) in [7, 11) is 0. The number of hydrogen-bond donors (Lipinski definition) is 2. The van der Waals surface area contributed by atoms with Crippen molar-refractivity contribution < 1.29 is 9.90 Å². The molecule has 0 radical (unpaired) electrons. The van der Waals surface area contributed by atoms with Gasteiger partial charge in [-0.3, -0.25) is 4.79 Å². The molecular formula is C19H30N4O2. The van der Waals surface area contributed by atoms with Gasteiger partial charge in [0.1, 0.15) is 5.75 Å². The molecule has 1 amide bonds. The number of phenolic OH excluding ortho intramolecular Hbond substituents is 1. The molecule has 1 heterocycles. The fraction of sp³-hybridized carbons (Fsp3) is 0.579. The van der Waals surface area contributed by atoms with E-state index in [1.54, 1.807) is 6.07 Å². The molecule has 0 saturated carbocycles. The van der Waals surface area contributed by atoms with E-state index in [9.17, 15) is 9.90 Å². The largest absolute Gasteiger partial charge is 0.507 e. The summed E-state index contributed by atoms with van der Waals surface area (Å²) in [5, 5.41) is 14.1. The summed E-state index contributed by atoms with van der Waals surface area (Å²) in [5.74, 6) is 0.0665. The first-order chi connectivity index (χ1) is 12.1. The predicted octanol–water partition coefficient (Wildman–Crippen LogP) is 2.56. The number of hydrogen-bond acceptors (Lipinski definition) is 5. The van der Waals surface area contributed by atoms with Gasteiger partial charge in [-0.15, -0.1) is 0 Å². The topological polar surface area (TPSA) is 68.2 Å². The maximum absolute atomic E-state index is 11.9. The lowest BCUT2D eigenvalue weighted by Gasteiger charge is -2.25. The molecule has 6 nitrogen and oxygen atoms in total. The Hall–Kier alpha value is -2.08. The molecule has 0 aromatic heterocycles. The molecule has 1 saturated heterocycles. The molecule has 0 spiro atoms. The van der Waals surface area contributed by atoms with Crippen LogP contribution in [-0.4, -0.2) is 54.9 Å². The first-order valence-electron chi connectivity index (χ1n) is 9.26. The number of amides is 1. The predicted molar refractivity (Wildman–Crippen MR) is 102 cm³/mol. The fourth-order valence-corrected chi connectivity index (χ4v) is 3.10. The van der Waals surface area contributed by atoms with Crippen LogP contribution in [0.4, 0.5) is 5.69 Å². The van der Waals surface area contributed by atoms with Crippen molar-refractivity contribution in [2.75, 3.05) is 37.6 Å². The average molecular weight is 346 g/mol. The van der Waals surface area contributed by atoms with E-state index in [2.05, 4.69) is 34.2 Å². The molecule has 1 aromatic carbocycles. The van der Waals surface area contributed by atoms with Gasteiger partial charge in [-0.2, -0.15) is 5.10 Å². The van der Waals surface area contributed by atoms with Crippen molar-refractivity contribution in [3.05, 3.63) is 23.8 Å². The van der Waals surface area contributed by atoms with Crippen LogP contribution in [0.1, 0.15) is 45.1 Å². The Balaban J connectivity index is 1.81. The molecule has 1 aliphatic rings. The number of benzene rings is 1. The normalized spacial score (nSPS) is 15.4. The maximum atomic E-state index is 11.9. The van der Waals surface area contributed by atoms with Crippen molar-refractivity contribution in [2.24, 2.45) is 5.10 Å². The van der Waals surface area contributed by atoms with Crippen LogP contribution in [0.3, 0.4) is 0 Å². The van der Waals surface area contributed by atoms with Crippen LogP contribution >= 0.6 is 0 Å². The monoisotopic (exact) mass is 346 g/mol. The van der Waals surface area contributed by atoms with Crippen LogP contribution in [-0.2, 0) is 4.79 Å². The minimum absolute atomic E-state index is 0.0962. The van der Waals surface area contributed by atoms with E-state index < -0.39 is 0 Å². The standard InChI is InChI=1S/C19H30N4O2/c1-3-23(4-2)17-9-8-16(18(24)14-17)15-20-21-19(25)10-13-22-11-6-5-7-12-22/h8-9,14-15,24H,3-7,10-13H2,1-2H3,(H,21,25)/b20-15+. The Labute approximate surface area is 150 Å². The highest BCUT2D eigenvalue weighted by Gasteiger charge is 2.11. The molecule has 0 bridgehead atoms. The number of carbonyl (C=O) groups is 1. The Kier molecular flexibility index (Phi) is 7.73. The summed E-state index contributed by atoms with van der Waals surface area (Å²) in [6, 6.07) is 5.49. The molecule has 1 aliphatic heterocycles. The van der Waals surface area contributed by atoms with Gasteiger partial charge in [0.2, 0.25) is 5.91 Å². The van der Waals surface area contributed by atoms with E-state index in [-0.39, 0.29) is 11.7 Å². The molecule has 25 heavy (non-hydrogen) atoms. The van der Waals surface area contributed by atoms with Crippen LogP contribution < -0.4 is 10.3 Å². The Morgan fingerprint density at radius 1 is 1.28 bits per heavy atom. The lowest BCUT2D eigenvalue weighted by molar-refractivity contribution is -0.121. The highest BCUT2D eigenvalue weighted by atomic mass is 16.3. The van der Waals surface area contributed by atoms with Crippen molar-refractivity contribution in [3.63, 3.8) is 0 Å². The SMILES string of the molecule is CCN(CC)c1ccc(/C=N/NC(=O)CCN2CCCCC2)c(O)c1. The number of anilines is 1. The number of aromatic hydroxyl groups is 1. The van der Waals surface area contributed by atoms with Gasteiger partial charge in [-0.25, -0.2) is 5.43 Å². The van der Waals surface area contributed by atoms with Gasteiger partial charge in [0.15, 0.2) is 0 Å². The van der Waals surface area contributed by atoms with Crippen LogP contribution in [0, 0.1) is 0 Å². The summed E-state index contributed by atoms with van der Waals surface area (Å²) in [6.45, 7) is 8.88. The van der Waals surface area contributed by atoms with Crippen LogP contribution in [0.5, 0.6) is 5.75 Å². The first kappa shape index (κ1) is 19.2. The zero-order chi connectivity index (χ0) is 18.1. The summed E-state index contributed by atoms with van der Waals surface area (Å²) in [4.78, 5) is 16.3. The van der Waals surface area contributed by atoms with Gasteiger partial charge in [-0.05, 0) is 51.9 Å². The Bertz CT molecular complexity index is 579. The van der Waals surface area contributed by atoms with E-state index in [4.69, 9.17) is 0 Å². The zero-order valence-corrected chi connectivity index (χ0v) is 15.4. The average Bonchev–Trinajstić information content (AvgIpc) is 2.63. The van der Waals surface area contributed by atoms with Gasteiger partial charge in [0, 0.05) is 43.4 Å². The molecule has 2 rings (SSSR count). The highest BCUT2D eigenvalue weighted by Crippen LogP contribution is 2.23. The molecule has 2 N–H and O–H groups in total. The number of phenols is 1. The fourth-order valence-electron chi connectivity index (χ4n) is 3.10. The number of rotatable bonds is 8.